The lowest BCUT2D eigenvalue weighted by atomic mass is 9.79. The van der Waals surface area contributed by atoms with Crippen molar-refractivity contribution in [3.63, 3.8) is 0 Å². The Bertz CT molecular complexity index is 949. The third-order valence-electron chi connectivity index (χ3n) is 5.86. The zero-order valence-corrected chi connectivity index (χ0v) is 18.4. The number of hydrazone groups is 1. The third kappa shape index (κ3) is 4.41. The molecule has 2 atom stereocenters. The number of aryl methyl sites for hydroxylation is 2. The van der Waals surface area contributed by atoms with Gasteiger partial charge in [0.25, 0.3) is 0 Å². The van der Waals surface area contributed by atoms with Crippen LogP contribution in [0.4, 0.5) is 5.69 Å². The minimum absolute atomic E-state index is 0.0703. The summed E-state index contributed by atoms with van der Waals surface area (Å²) in [7, 11) is 4.16. The van der Waals surface area contributed by atoms with Crippen LogP contribution in [0, 0.1) is 18.8 Å². The van der Waals surface area contributed by atoms with Crippen LogP contribution in [0.25, 0.3) is 0 Å². The topological polar surface area (TPSA) is 45.1 Å². The molecule has 2 unspecified atom stereocenters. The molecule has 0 fully saturated rings. The van der Waals surface area contributed by atoms with Crippen molar-refractivity contribution in [2.45, 2.75) is 33.1 Å². The predicted octanol–water partition coefficient (Wildman–Crippen LogP) is 4.27. The zero-order valence-electron chi connectivity index (χ0n) is 18.4. The Morgan fingerprint density at radius 1 is 1.20 bits per heavy atom. The van der Waals surface area contributed by atoms with Crippen molar-refractivity contribution in [1.82, 2.24) is 4.90 Å². The van der Waals surface area contributed by atoms with E-state index in [1.807, 2.05) is 31.2 Å². The van der Waals surface area contributed by atoms with Gasteiger partial charge in [-0.1, -0.05) is 30.7 Å². The predicted molar refractivity (Wildman–Crippen MR) is 121 cm³/mol. The number of ether oxygens (including phenoxy) is 1. The Kier molecular flexibility index (Phi) is 5.91. The average molecular weight is 406 g/mol. The van der Waals surface area contributed by atoms with Gasteiger partial charge >= 0.3 is 0 Å². The second kappa shape index (κ2) is 8.60. The normalized spacial score (nSPS) is 19.2. The lowest BCUT2D eigenvalue weighted by molar-refractivity contribution is -0.119. The summed E-state index contributed by atoms with van der Waals surface area (Å²) in [6.45, 7) is 5.92. The van der Waals surface area contributed by atoms with Crippen molar-refractivity contribution in [3.8, 4) is 5.75 Å². The van der Waals surface area contributed by atoms with Crippen LogP contribution < -0.4 is 9.75 Å². The Labute approximate surface area is 179 Å². The number of nitrogens with zero attached hydrogens (tertiary/aromatic N) is 3. The molecule has 0 saturated carbocycles. The molecule has 0 bridgehead atoms. The molecule has 2 aromatic rings. The van der Waals surface area contributed by atoms with E-state index in [2.05, 4.69) is 44.1 Å². The number of anilines is 1. The SMILES string of the molecule is Cc1ccc(N2N=C3c4cc(OCC(C)CN(C)C)ccc4CCC3CC2=O)cc1. The first-order valence-electron chi connectivity index (χ1n) is 10.8. The van der Waals surface area contributed by atoms with Gasteiger partial charge in [0.1, 0.15) is 5.75 Å². The number of carbonyl (C=O) groups is 1. The first-order chi connectivity index (χ1) is 14.4. The highest BCUT2D eigenvalue weighted by molar-refractivity contribution is 6.11. The molecule has 5 nitrogen and oxygen atoms in total. The molecule has 2 aliphatic rings. The fourth-order valence-electron chi connectivity index (χ4n) is 4.39. The zero-order chi connectivity index (χ0) is 21.3. The maximum atomic E-state index is 12.8. The summed E-state index contributed by atoms with van der Waals surface area (Å²) < 4.78 is 6.10. The lowest BCUT2D eigenvalue weighted by Gasteiger charge is -2.33. The van der Waals surface area contributed by atoms with Gasteiger partial charge in [-0.2, -0.15) is 5.10 Å². The smallest absolute Gasteiger partial charge is 0.248 e. The van der Waals surface area contributed by atoms with Crippen LogP contribution in [0.2, 0.25) is 0 Å². The standard InChI is InChI=1S/C25H31N3O2/c1-17-5-10-21(11-6-17)28-24(29)13-20-8-7-19-9-12-22(14-23(19)25(20)26-28)30-16-18(2)15-27(3)4/h5-6,9-12,14,18,20H,7-8,13,15-16H2,1-4H3. The molecule has 1 heterocycles. The van der Waals surface area contributed by atoms with Gasteiger partial charge in [-0.05, 0) is 63.7 Å². The quantitative estimate of drug-likeness (QED) is 0.721. The summed E-state index contributed by atoms with van der Waals surface area (Å²) in [5.41, 5.74) is 5.43. The van der Waals surface area contributed by atoms with Crippen LogP contribution >= 0.6 is 0 Å². The molecule has 2 aromatic carbocycles. The molecule has 0 aromatic heterocycles. The number of benzene rings is 2. The van der Waals surface area contributed by atoms with Crippen molar-refractivity contribution in [1.29, 1.82) is 0 Å². The van der Waals surface area contributed by atoms with E-state index in [4.69, 9.17) is 9.84 Å². The van der Waals surface area contributed by atoms with Crippen LogP contribution in [-0.2, 0) is 11.2 Å². The molecule has 158 valence electrons. The number of hydrogen-bond acceptors (Lipinski definition) is 4. The minimum atomic E-state index is 0.0703. The molecule has 1 amide bonds. The van der Waals surface area contributed by atoms with E-state index in [1.54, 1.807) is 5.01 Å². The summed E-state index contributed by atoms with van der Waals surface area (Å²) in [4.78, 5) is 14.9. The molecular weight excluding hydrogens is 374 g/mol. The number of amides is 1. The van der Waals surface area contributed by atoms with Crippen LogP contribution in [0.1, 0.15) is 36.5 Å². The van der Waals surface area contributed by atoms with E-state index in [9.17, 15) is 4.79 Å². The average Bonchev–Trinajstić information content (AvgIpc) is 2.72. The Hall–Kier alpha value is -2.66. The number of fused-ring (bicyclic) bond motifs is 3. The largest absolute Gasteiger partial charge is 0.493 e. The van der Waals surface area contributed by atoms with E-state index in [1.165, 1.54) is 11.1 Å². The second-order valence-electron chi connectivity index (χ2n) is 8.96. The third-order valence-corrected chi connectivity index (χ3v) is 5.86. The molecule has 4 rings (SSSR count). The van der Waals surface area contributed by atoms with Crippen molar-refractivity contribution < 1.29 is 9.53 Å². The fraction of sp³-hybridized carbons (Fsp3) is 0.440. The maximum absolute atomic E-state index is 12.8. The van der Waals surface area contributed by atoms with Gasteiger partial charge in [-0.3, -0.25) is 4.79 Å². The lowest BCUT2D eigenvalue weighted by Crippen LogP contribution is -2.39. The Morgan fingerprint density at radius 3 is 2.70 bits per heavy atom. The molecular formula is C25H31N3O2. The van der Waals surface area contributed by atoms with E-state index >= 15 is 0 Å². The van der Waals surface area contributed by atoms with E-state index < -0.39 is 0 Å². The summed E-state index contributed by atoms with van der Waals surface area (Å²) in [5.74, 6) is 1.59. The fourth-order valence-corrected chi connectivity index (χ4v) is 4.39. The summed E-state index contributed by atoms with van der Waals surface area (Å²) in [5, 5.41) is 6.42. The molecule has 0 radical (unpaired) electrons. The summed E-state index contributed by atoms with van der Waals surface area (Å²) in [6.07, 6.45) is 2.46. The van der Waals surface area contributed by atoms with E-state index in [0.717, 1.165) is 42.1 Å². The van der Waals surface area contributed by atoms with Crippen molar-refractivity contribution in [3.05, 3.63) is 59.2 Å². The van der Waals surface area contributed by atoms with Crippen LogP contribution in [0.15, 0.2) is 47.6 Å². The molecule has 1 aliphatic carbocycles. The van der Waals surface area contributed by atoms with Crippen LogP contribution in [0.5, 0.6) is 5.75 Å². The molecule has 30 heavy (non-hydrogen) atoms. The van der Waals surface area contributed by atoms with Gasteiger partial charge in [0.05, 0.1) is 18.0 Å². The van der Waals surface area contributed by atoms with Gasteiger partial charge < -0.3 is 9.64 Å². The minimum Gasteiger partial charge on any atom is -0.493 e. The summed E-state index contributed by atoms with van der Waals surface area (Å²) >= 11 is 0. The number of rotatable bonds is 6. The molecule has 0 N–H and O–H groups in total. The molecule has 0 saturated heterocycles. The molecule has 1 aliphatic heterocycles. The highest BCUT2D eigenvalue weighted by atomic mass is 16.5. The highest BCUT2D eigenvalue weighted by Crippen LogP contribution is 2.35. The van der Waals surface area contributed by atoms with Crippen LogP contribution in [0.3, 0.4) is 0 Å². The Morgan fingerprint density at radius 2 is 1.97 bits per heavy atom. The monoisotopic (exact) mass is 405 g/mol. The van der Waals surface area contributed by atoms with Crippen molar-refractivity contribution >= 4 is 17.3 Å². The van der Waals surface area contributed by atoms with Crippen molar-refractivity contribution in [2.75, 3.05) is 32.3 Å². The van der Waals surface area contributed by atoms with Gasteiger partial charge in [0.2, 0.25) is 5.91 Å². The van der Waals surface area contributed by atoms with Crippen LogP contribution in [-0.4, -0.2) is 43.8 Å². The van der Waals surface area contributed by atoms with E-state index in [0.29, 0.717) is 18.9 Å². The number of carbonyl (C=O) groups excluding carboxylic acids is 1. The maximum Gasteiger partial charge on any atom is 0.248 e. The first-order valence-corrected chi connectivity index (χ1v) is 10.8. The van der Waals surface area contributed by atoms with Gasteiger partial charge in [-0.25, -0.2) is 5.01 Å². The molecule has 5 heteroatoms. The van der Waals surface area contributed by atoms with Gasteiger partial charge in [0.15, 0.2) is 0 Å². The second-order valence-corrected chi connectivity index (χ2v) is 8.96. The highest BCUT2D eigenvalue weighted by Gasteiger charge is 2.34. The van der Waals surface area contributed by atoms with Gasteiger partial charge in [0, 0.05) is 30.4 Å². The van der Waals surface area contributed by atoms with E-state index in [-0.39, 0.29) is 11.8 Å². The molecule has 0 spiro atoms. The van der Waals surface area contributed by atoms with Gasteiger partial charge in [-0.15, -0.1) is 0 Å². The summed E-state index contributed by atoms with van der Waals surface area (Å²) in [6, 6.07) is 14.3. The van der Waals surface area contributed by atoms with Crippen molar-refractivity contribution in [2.24, 2.45) is 16.9 Å². The first kappa shape index (κ1) is 20.6. The number of hydrogen-bond donors (Lipinski definition) is 0. The Balaban J connectivity index is 1.60.